The van der Waals surface area contributed by atoms with Crippen LogP contribution in [0, 0.1) is 0 Å². The van der Waals surface area contributed by atoms with Crippen molar-refractivity contribution in [2.24, 2.45) is 0 Å². The van der Waals surface area contributed by atoms with Crippen LogP contribution >= 0.6 is 0 Å². The van der Waals surface area contributed by atoms with Gasteiger partial charge in [-0.05, 0) is 31.9 Å². The first-order valence-corrected chi connectivity index (χ1v) is 7.57. The number of hydrogen-bond acceptors (Lipinski definition) is 6. The quantitative estimate of drug-likeness (QED) is 0.855. The molecule has 1 aromatic heterocycles. The number of esters is 1. The fourth-order valence-electron chi connectivity index (χ4n) is 2.48. The number of benzene rings is 1. The first-order valence-electron chi connectivity index (χ1n) is 7.57. The van der Waals surface area contributed by atoms with E-state index in [9.17, 15) is 4.79 Å². The van der Waals surface area contributed by atoms with E-state index in [2.05, 4.69) is 15.3 Å². The molecule has 1 unspecified atom stereocenters. The second kappa shape index (κ2) is 6.70. The maximum Gasteiger partial charge on any atom is 0.360 e. The van der Waals surface area contributed by atoms with Crippen LogP contribution in [0.5, 0.6) is 0 Å². The minimum Gasteiger partial charge on any atom is -0.461 e. The molecule has 1 fully saturated rings. The van der Waals surface area contributed by atoms with Crippen molar-refractivity contribution in [3.8, 4) is 0 Å². The summed E-state index contributed by atoms with van der Waals surface area (Å²) < 4.78 is 10.7. The van der Waals surface area contributed by atoms with Crippen LogP contribution in [0.15, 0.2) is 24.3 Å². The lowest BCUT2D eigenvalue weighted by Crippen LogP contribution is -2.21. The average Bonchev–Trinajstić information content (AvgIpc) is 3.05. The highest BCUT2D eigenvalue weighted by Gasteiger charge is 2.20. The van der Waals surface area contributed by atoms with Crippen molar-refractivity contribution in [3.63, 3.8) is 0 Å². The molecule has 116 valence electrons. The number of para-hydroxylation sites is 2. The number of nitrogens with zero attached hydrogens (tertiary/aromatic N) is 2. The van der Waals surface area contributed by atoms with Gasteiger partial charge in [0, 0.05) is 13.2 Å². The van der Waals surface area contributed by atoms with Crippen molar-refractivity contribution < 1.29 is 14.3 Å². The van der Waals surface area contributed by atoms with Gasteiger partial charge in [-0.1, -0.05) is 12.1 Å². The average molecular weight is 301 g/mol. The zero-order chi connectivity index (χ0) is 15.4. The largest absolute Gasteiger partial charge is 0.461 e. The third kappa shape index (κ3) is 3.17. The molecular weight excluding hydrogens is 282 g/mol. The van der Waals surface area contributed by atoms with Crippen molar-refractivity contribution in [1.82, 2.24) is 9.97 Å². The molecule has 1 atom stereocenters. The molecule has 3 rings (SSSR count). The number of ether oxygens (including phenoxy) is 2. The Labute approximate surface area is 128 Å². The van der Waals surface area contributed by atoms with Gasteiger partial charge in [-0.15, -0.1) is 0 Å². The molecule has 22 heavy (non-hydrogen) atoms. The van der Waals surface area contributed by atoms with E-state index in [1.54, 1.807) is 6.92 Å². The van der Waals surface area contributed by atoms with Gasteiger partial charge in [0.15, 0.2) is 11.5 Å². The minimum absolute atomic E-state index is 0.156. The second-order valence-electron chi connectivity index (χ2n) is 5.15. The van der Waals surface area contributed by atoms with Crippen LogP contribution in [-0.2, 0) is 9.47 Å². The van der Waals surface area contributed by atoms with Gasteiger partial charge in [0.05, 0.1) is 23.7 Å². The molecule has 1 saturated heterocycles. The number of nitrogens with one attached hydrogen (secondary N) is 1. The van der Waals surface area contributed by atoms with E-state index in [0.717, 1.165) is 25.0 Å². The van der Waals surface area contributed by atoms with Gasteiger partial charge in [0.1, 0.15) is 0 Å². The molecule has 1 aromatic carbocycles. The summed E-state index contributed by atoms with van der Waals surface area (Å²) in [5, 5.41) is 3.19. The lowest BCUT2D eigenvalue weighted by Gasteiger charge is -2.14. The molecule has 1 aliphatic heterocycles. The predicted octanol–water partition coefficient (Wildman–Crippen LogP) is 2.40. The molecule has 0 spiro atoms. The molecular formula is C16H19N3O3. The summed E-state index contributed by atoms with van der Waals surface area (Å²) in [7, 11) is 0. The monoisotopic (exact) mass is 301 g/mol. The van der Waals surface area contributed by atoms with Crippen LogP contribution in [-0.4, -0.2) is 41.8 Å². The number of anilines is 1. The van der Waals surface area contributed by atoms with E-state index in [-0.39, 0.29) is 11.8 Å². The van der Waals surface area contributed by atoms with E-state index in [4.69, 9.17) is 9.47 Å². The molecule has 0 aliphatic carbocycles. The van der Waals surface area contributed by atoms with Crippen molar-refractivity contribution in [2.45, 2.75) is 25.9 Å². The van der Waals surface area contributed by atoms with Crippen LogP contribution in [0.4, 0.5) is 5.82 Å². The van der Waals surface area contributed by atoms with Crippen LogP contribution in [0.1, 0.15) is 30.3 Å². The maximum atomic E-state index is 12.1. The number of aromatic nitrogens is 2. The lowest BCUT2D eigenvalue weighted by atomic mass is 10.2. The normalized spacial score (nSPS) is 17.6. The number of hydrogen-bond donors (Lipinski definition) is 1. The van der Waals surface area contributed by atoms with Gasteiger partial charge in [-0.25, -0.2) is 14.8 Å². The van der Waals surface area contributed by atoms with Crippen molar-refractivity contribution in [2.75, 3.05) is 25.1 Å². The Hall–Kier alpha value is -2.21. The van der Waals surface area contributed by atoms with E-state index in [1.165, 1.54) is 0 Å². The Morgan fingerprint density at radius 3 is 2.82 bits per heavy atom. The summed E-state index contributed by atoms with van der Waals surface area (Å²) in [6.45, 7) is 3.48. The Kier molecular flexibility index (Phi) is 4.48. The third-order valence-corrected chi connectivity index (χ3v) is 3.56. The molecule has 0 bridgehead atoms. The van der Waals surface area contributed by atoms with E-state index < -0.39 is 5.97 Å². The standard InChI is InChI=1S/C16H19N3O3/c1-2-21-16(20)14-15(17-10-11-6-5-9-22-11)19-13-8-4-3-7-12(13)18-14/h3-4,7-8,11H,2,5-6,9-10H2,1H3,(H,17,19). The molecule has 6 nitrogen and oxygen atoms in total. The first kappa shape index (κ1) is 14.7. The van der Waals surface area contributed by atoms with E-state index >= 15 is 0 Å². The van der Waals surface area contributed by atoms with Crippen LogP contribution in [0.2, 0.25) is 0 Å². The fraction of sp³-hybridized carbons (Fsp3) is 0.438. The number of carbonyl (C=O) groups excluding carboxylic acids is 1. The molecule has 2 heterocycles. The van der Waals surface area contributed by atoms with Gasteiger partial charge in [-0.3, -0.25) is 0 Å². The van der Waals surface area contributed by atoms with Crippen LogP contribution in [0.3, 0.4) is 0 Å². The molecule has 0 saturated carbocycles. The zero-order valence-corrected chi connectivity index (χ0v) is 12.5. The highest BCUT2D eigenvalue weighted by Crippen LogP contribution is 2.19. The Morgan fingerprint density at radius 1 is 1.36 bits per heavy atom. The van der Waals surface area contributed by atoms with E-state index in [0.29, 0.717) is 24.5 Å². The highest BCUT2D eigenvalue weighted by atomic mass is 16.5. The van der Waals surface area contributed by atoms with E-state index in [1.807, 2.05) is 24.3 Å². The fourth-order valence-corrected chi connectivity index (χ4v) is 2.48. The summed E-state index contributed by atoms with van der Waals surface area (Å²) in [6, 6.07) is 7.46. The third-order valence-electron chi connectivity index (χ3n) is 3.56. The summed E-state index contributed by atoms with van der Waals surface area (Å²) in [4.78, 5) is 21.0. The number of fused-ring (bicyclic) bond motifs is 1. The second-order valence-corrected chi connectivity index (χ2v) is 5.15. The Morgan fingerprint density at radius 2 is 2.14 bits per heavy atom. The highest BCUT2D eigenvalue weighted by molar-refractivity contribution is 5.95. The molecule has 0 radical (unpaired) electrons. The molecule has 0 amide bonds. The number of carbonyl (C=O) groups is 1. The van der Waals surface area contributed by atoms with Crippen LogP contribution in [0.25, 0.3) is 11.0 Å². The summed E-state index contributed by atoms with van der Waals surface area (Å²) in [6.07, 6.45) is 2.24. The molecule has 2 aromatic rings. The summed E-state index contributed by atoms with van der Waals surface area (Å²) >= 11 is 0. The van der Waals surface area contributed by atoms with Gasteiger partial charge in [-0.2, -0.15) is 0 Å². The van der Waals surface area contributed by atoms with Gasteiger partial charge < -0.3 is 14.8 Å². The smallest absolute Gasteiger partial charge is 0.360 e. The first-order chi connectivity index (χ1) is 10.8. The molecule has 1 aliphatic rings. The summed E-state index contributed by atoms with van der Waals surface area (Å²) in [5.41, 5.74) is 1.64. The molecule has 1 N–H and O–H groups in total. The van der Waals surface area contributed by atoms with Crippen molar-refractivity contribution in [3.05, 3.63) is 30.0 Å². The topological polar surface area (TPSA) is 73.3 Å². The van der Waals surface area contributed by atoms with Gasteiger partial charge >= 0.3 is 5.97 Å². The van der Waals surface area contributed by atoms with Gasteiger partial charge in [0.2, 0.25) is 0 Å². The van der Waals surface area contributed by atoms with Crippen molar-refractivity contribution >= 4 is 22.8 Å². The Bertz CT molecular complexity index is 669. The van der Waals surface area contributed by atoms with Crippen LogP contribution < -0.4 is 5.32 Å². The molecule has 6 heteroatoms. The zero-order valence-electron chi connectivity index (χ0n) is 12.5. The summed E-state index contributed by atoms with van der Waals surface area (Å²) in [5.74, 6) is -0.0109. The minimum atomic E-state index is -0.462. The maximum absolute atomic E-state index is 12.1. The van der Waals surface area contributed by atoms with Gasteiger partial charge in [0.25, 0.3) is 0 Å². The number of rotatable bonds is 5. The van der Waals surface area contributed by atoms with Crippen molar-refractivity contribution in [1.29, 1.82) is 0 Å². The predicted molar refractivity (Wildman–Crippen MR) is 83.0 cm³/mol. The Balaban J connectivity index is 1.89. The lowest BCUT2D eigenvalue weighted by molar-refractivity contribution is 0.0520. The SMILES string of the molecule is CCOC(=O)c1nc2ccccc2nc1NCC1CCCO1.